The summed E-state index contributed by atoms with van der Waals surface area (Å²) >= 11 is 1.30. The Kier molecular flexibility index (Phi) is 3.31. The molecule has 0 radical (unpaired) electrons. The Hall–Kier alpha value is -1.69. The van der Waals surface area contributed by atoms with Crippen LogP contribution in [0.3, 0.4) is 0 Å². The van der Waals surface area contributed by atoms with Crippen LogP contribution in [0.5, 0.6) is 0 Å². The van der Waals surface area contributed by atoms with E-state index in [1.807, 2.05) is 18.2 Å². The number of nitrogens with zero attached hydrogens (tertiary/aromatic N) is 2. The van der Waals surface area contributed by atoms with Gasteiger partial charge in [-0.3, -0.25) is 14.8 Å². The van der Waals surface area contributed by atoms with Gasteiger partial charge in [0.2, 0.25) is 5.82 Å². The summed E-state index contributed by atoms with van der Waals surface area (Å²) in [5, 5.41) is 0.386. The van der Waals surface area contributed by atoms with E-state index in [1.165, 1.54) is 11.8 Å². The van der Waals surface area contributed by atoms with Crippen LogP contribution in [0.1, 0.15) is 5.69 Å². The average Bonchev–Trinajstić information content (AvgIpc) is 2.32. The Bertz CT molecular complexity index is 529. The van der Waals surface area contributed by atoms with E-state index in [0.29, 0.717) is 10.9 Å². The lowest BCUT2D eigenvalue weighted by molar-refractivity contribution is 0.590. The van der Waals surface area contributed by atoms with Crippen molar-refractivity contribution in [3.05, 3.63) is 52.5 Å². The van der Waals surface area contributed by atoms with Crippen LogP contribution in [0, 0.1) is 5.82 Å². The van der Waals surface area contributed by atoms with Gasteiger partial charge in [0.05, 0.1) is 11.9 Å². The zero-order valence-electron chi connectivity index (χ0n) is 8.18. The molecule has 0 saturated heterocycles. The topological polar surface area (TPSA) is 58.6 Å². The number of hydrogen-bond donors (Lipinski definition) is 1. The van der Waals surface area contributed by atoms with E-state index in [9.17, 15) is 9.18 Å². The number of aromatic amines is 1. The Balaban J connectivity index is 2.05. The van der Waals surface area contributed by atoms with E-state index >= 15 is 0 Å². The first-order chi connectivity index (χ1) is 7.75. The fraction of sp³-hybridized carbons (Fsp3) is 0.100. The third kappa shape index (κ3) is 2.66. The largest absolute Gasteiger partial charge is 0.299 e. The summed E-state index contributed by atoms with van der Waals surface area (Å²) in [6, 6.07) is 5.57. The van der Waals surface area contributed by atoms with Crippen molar-refractivity contribution in [3.63, 3.8) is 0 Å². The highest BCUT2D eigenvalue weighted by molar-refractivity contribution is 7.98. The zero-order valence-corrected chi connectivity index (χ0v) is 9.00. The lowest BCUT2D eigenvalue weighted by Crippen LogP contribution is -2.12. The Morgan fingerprint density at radius 3 is 2.94 bits per heavy atom. The minimum atomic E-state index is -0.873. The molecule has 2 rings (SSSR count). The highest BCUT2D eigenvalue weighted by atomic mass is 32.2. The number of rotatable bonds is 3. The molecule has 0 bridgehead atoms. The summed E-state index contributed by atoms with van der Waals surface area (Å²) in [5.74, 6) is -0.294. The van der Waals surface area contributed by atoms with Crippen molar-refractivity contribution in [1.29, 1.82) is 0 Å². The molecule has 2 aromatic rings. The van der Waals surface area contributed by atoms with Crippen molar-refractivity contribution in [3.8, 4) is 0 Å². The number of aromatic nitrogens is 3. The van der Waals surface area contributed by atoms with E-state index in [0.717, 1.165) is 11.9 Å². The maximum Gasteiger partial charge on any atom is 0.287 e. The third-order valence-electron chi connectivity index (χ3n) is 1.82. The molecule has 1 N–H and O–H groups in total. The van der Waals surface area contributed by atoms with Gasteiger partial charge in [0.25, 0.3) is 5.56 Å². The van der Waals surface area contributed by atoms with E-state index in [-0.39, 0.29) is 0 Å². The van der Waals surface area contributed by atoms with Crippen molar-refractivity contribution >= 4 is 11.8 Å². The minimum Gasteiger partial charge on any atom is -0.299 e. The predicted octanol–water partition coefficient (Wildman–Crippen LogP) is 1.60. The fourth-order valence-corrected chi connectivity index (χ4v) is 1.81. The second kappa shape index (κ2) is 4.89. The van der Waals surface area contributed by atoms with Gasteiger partial charge >= 0.3 is 0 Å². The van der Waals surface area contributed by atoms with Crippen LogP contribution in [0.15, 0.2) is 40.5 Å². The molecule has 0 aliphatic heterocycles. The van der Waals surface area contributed by atoms with Gasteiger partial charge in [-0.25, -0.2) is 4.98 Å². The third-order valence-corrected chi connectivity index (χ3v) is 2.74. The van der Waals surface area contributed by atoms with Gasteiger partial charge in [-0.1, -0.05) is 17.8 Å². The second-order valence-electron chi connectivity index (χ2n) is 2.98. The lowest BCUT2D eigenvalue weighted by atomic mass is 10.4. The molecule has 0 atom stereocenters. The lowest BCUT2D eigenvalue weighted by Gasteiger charge is -1.99. The molecule has 82 valence electrons. The molecule has 0 amide bonds. The summed E-state index contributed by atoms with van der Waals surface area (Å²) in [6.45, 7) is 0. The molecular formula is C10H8FN3OS. The summed E-state index contributed by atoms with van der Waals surface area (Å²) in [4.78, 5) is 21.2. The first-order valence-corrected chi connectivity index (χ1v) is 5.52. The monoisotopic (exact) mass is 237 g/mol. The van der Waals surface area contributed by atoms with Crippen molar-refractivity contribution in [2.45, 2.75) is 10.9 Å². The van der Waals surface area contributed by atoms with E-state index in [2.05, 4.69) is 15.0 Å². The number of thioether (sulfide) groups is 1. The van der Waals surface area contributed by atoms with Crippen LogP contribution in [-0.4, -0.2) is 15.0 Å². The van der Waals surface area contributed by atoms with Crippen molar-refractivity contribution in [2.75, 3.05) is 0 Å². The van der Waals surface area contributed by atoms with Gasteiger partial charge in [-0.05, 0) is 12.1 Å². The van der Waals surface area contributed by atoms with E-state index in [4.69, 9.17) is 0 Å². The Morgan fingerprint density at radius 2 is 2.25 bits per heavy atom. The summed E-state index contributed by atoms with van der Waals surface area (Å²) in [6.07, 6.45) is 2.61. The van der Waals surface area contributed by atoms with Gasteiger partial charge in [0, 0.05) is 11.9 Å². The molecule has 0 spiro atoms. The number of halogens is 1. The molecule has 0 aromatic carbocycles. The molecule has 0 aliphatic rings. The number of nitrogens with one attached hydrogen (secondary N) is 1. The Morgan fingerprint density at radius 1 is 1.38 bits per heavy atom. The van der Waals surface area contributed by atoms with Crippen molar-refractivity contribution in [2.24, 2.45) is 0 Å². The summed E-state index contributed by atoms with van der Waals surface area (Å²) < 4.78 is 12.6. The quantitative estimate of drug-likeness (QED) is 0.650. The highest BCUT2D eigenvalue weighted by Gasteiger charge is 2.02. The number of pyridine rings is 1. The summed E-state index contributed by atoms with van der Waals surface area (Å²) in [5.41, 5.74) is 0.123. The molecule has 4 nitrogen and oxygen atoms in total. The second-order valence-corrected chi connectivity index (χ2v) is 3.94. The van der Waals surface area contributed by atoms with Crippen LogP contribution in [-0.2, 0) is 5.75 Å². The van der Waals surface area contributed by atoms with Crippen LogP contribution >= 0.6 is 11.8 Å². The van der Waals surface area contributed by atoms with Crippen LogP contribution in [0.4, 0.5) is 4.39 Å². The van der Waals surface area contributed by atoms with Gasteiger partial charge in [-0.2, -0.15) is 4.39 Å². The van der Waals surface area contributed by atoms with Gasteiger partial charge in [0.15, 0.2) is 5.16 Å². The highest BCUT2D eigenvalue weighted by Crippen LogP contribution is 2.15. The first kappa shape index (κ1) is 10.8. The van der Waals surface area contributed by atoms with Gasteiger partial charge in [-0.15, -0.1) is 0 Å². The average molecular weight is 237 g/mol. The van der Waals surface area contributed by atoms with Crippen LogP contribution in [0.25, 0.3) is 0 Å². The normalized spacial score (nSPS) is 10.3. The molecule has 0 saturated carbocycles. The number of hydrogen-bond acceptors (Lipinski definition) is 4. The van der Waals surface area contributed by atoms with E-state index in [1.54, 1.807) is 6.20 Å². The SMILES string of the molecule is O=c1[nH]c(SCc2ccccn2)ncc1F. The predicted molar refractivity (Wildman–Crippen MR) is 58.6 cm³/mol. The van der Waals surface area contributed by atoms with Crippen molar-refractivity contribution in [1.82, 2.24) is 15.0 Å². The van der Waals surface area contributed by atoms with Crippen LogP contribution < -0.4 is 5.56 Å². The smallest absolute Gasteiger partial charge is 0.287 e. The first-order valence-electron chi connectivity index (χ1n) is 4.53. The Labute approximate surface area is 95.0 Å². The zero-order chi connectivity index (χ0) is 11.4. The van der Waals surface area contributed by atoms with E-state index < -0.39 is 11.4 Å². The molecule has 2 aromatic heterocycles. The molecular weight excluding hydrogens is 229 g/mol. The van der Waals surface area contributed by atoms with Gasteiger partial charge < -0.3 is 0 Å². The maximum atomic E-state index is 12.6. The molecule has 2 heterocycles. The standard InChI is InChI=1S/C10H8FN3OS/c11-8-5-13-10(14-9(8)15)16-6-7-3-1-2-4-12-7/h1-5H,6H2,(H,13,14,15). The minimum absolute atomic E-state index is 0.386. The van der Waals surface area contributed by atoms with Crippen molar-refractivity contribution < 1.29 is 4.39 Å². The number of H-pyrrole nitrogens is 1. The summed E-state index contributed by atoms with van der Waals surface area (Å²) in [7, 11) is 0. The maximum absolute atomic E-state index is 12.6. The molecule has 6 heteroatoms. The van der Waals surface area contributed by atoms with Gasteiger partial charge in [0.1, 0.15) is 0 Å². The molecule has 0 fully saturated rings. The van der Waals surface area contributed by atoms with Crippen LogP contribution in [0.2, 0.25) is 0 Å². The molecule has 0 unspecified atom stereocenters. The molecule has 16 heavy (non-hydrogen) atoms. The molecule has 0 aliphatic carbocycles. The fourth-order valence-electron chi connectivity index (χ4n) is 1.06.